The van der Waals surface area contributed by atoms with Crippen LogP contribution in [0, 0.1) is 0 Å². The molecule has 0 bridgehead atoms. The second kappa shape index (κ2) is 14.1. The van der Waals surface area contributed by atoms with Crippen LogP contribution < -0.4 is 10.2 Å². The largest absolute Gasteiger partial charge is 0.508 e. The smallest absolute Gasteiger partial charge is 0.320 e. The zero-order valence-electron chi connectivity index (χ0n) is 27.5. The molecule has 11 nitrogen and oxygen atoms in total. The lowest BCUT2D eigenvalue weighted by Gasteiger charge is -2.38. The van der Waals surface area contributed by atoms with E-state index in [4.69, 9.17) is 4.74 Å². The number of sulfone groups is 1. The number of phenolic OH excluding ortho intramolecular Hbond substituents is 1. The van der Waals surface area contributed by atoms with Gasteiger partial charge < -0.3 is 19.6 Å². The van der Waals surface area contributed by atoms with Crippen LogP contribution in [0.15, 0.2) is 88.9 Å². The van der Waals surface area contributed by atoms with E-state index in [1.165, 1.54) is 31.3 Å². The van der Waals surface area contributed by atoms with Crippen LogP contribution in [-0.4, -0.2) is 85.4 Å². The maximum atomic E-state index is 14.1. The Hall–Kier alpha value is -4.81. The SMILES string of the molecule is CC(=O)c1ccc(N2CCN(C(=O)C(Cc3ccc(O)cc3S(=O)(=O)c3nccc4ccccc34)NCC(=O)OC(C)(C)C)CC2)cc1. The molecule has 0 saturated carbocycles. The summed E-state index contributed by atoms with van der Waals surface area (Å²) < 4.78 is 33.7. The van der Waals surface area contributed by atoms with Gasteiger partial charge in [0, 0.05) is 49.0 Å². The van der Waals surface area contributed by atoms with Gasteiger partial charge in [-0.2, -0.15) is 0 Å². The number of amides is 1. The molecule has 1 fully saturated rings. The molecule has 1 saturated heterocycles. The summed E-state index contributed by atoms with van der Waals surface area (Å²) in [4.78, 5) is 46.3. The molecule has 2 heterocycles. The van der Waals surface area contributed by atoms with Gasteiger partial charge in [0.25, 0.3) is 0 Å². The zero-order chi connectivity index (χ0) is 34.6. The van der Waals surface area contributed by atoms with Crippen molar-refractivity contribution < 1.29 is 32.6 Å². The van der Waals surface area contributed by atoms with E-state index in [9.17, 15) is 27.9 Å². The number of pyridine rings is 1. The number of carbonyl (C=O) groups excluding carboxylic acids is 3. The van der Waals surface area contributed by atoms with E-state index in [2.05, 4.69) is 15.2 Å². The Labute approximate surface area is 280 Å². The third-order valence-corrected chi connectivity index (χ3v) is 9.89. The molecule has 1 aliphatic rings. The quantitative estimate of drug-likeness (QED) is 0.186. The van der Waals surface area contributed by atoms with Crippen molar-refractivity contribution >= 4 is 44.0 Å². The molecule has 2 N–H and O–H groups in total. The van der Waals surface area contributed by atoms with Crippen LogP contribution in [0.4, 0.5) is 5.69 Å². The number of hydrogen-bond donors (Lipinski definition) is 2. The third-order valence-electron chi connectivity index (χ3n) is 8.10. The highest BCUT2D eigenvalue weighted by atomic mass is 32.2. The molecular formula is C36H40N4O7S. The number of nitrogens with zero attached hydrogens (tertiary/aromatic N) is 3. The van der Waals surface area contributed by atoms with E-state index in [1.54, 1.807) is 68.1 Å². The maximum absolute atomic E-state index is 14.1. The fraction of sp³-hybridized carbons (Fsp3) is 0.333. The summed E-state index contributed by atoms with van der Waals surface area (Å²) in [5.74, 6) is -1.13. The Bertz CT molecular complexity index is 1930. The molecule has 0 radical (unpaired) electrons. The lowest BCUT2D eigenvalue weighted by molar-refractivity contribution is -0.153. The van der Waals surface area contributed by atoms with Gasteiger partial charge in [-0.05, 0) is 87.5 Å². The van der Waals surface area contributed by atoms with E-state index in [0.29, 0.717) is 42.5 Å². The molecule has 48 heavy (non-hydrogen) atoms. The number of benzene rings is 3. The number of aromatic hydroxyl groups is 1. The normalized spacial score (nSPS) is 14.5. The van der Waals surface area contributed by atoms with Gasteiger partial charge >= 0.3 is 5.97 Å². The van der Waals surface area contributed by atoms with Gasteiger partial charge in [-0.1, -0.05) is 30.3 Å². The van der Waals surface area contributed by atoms with Crippen molar-refractivity contribution in [3.63, 3.8) is 0 Å². The molecule has 4 aromatic rings. The van der Waals surface area contributed by atoms with Gasteiger partial charge in [-0.3, -0.25) is 19.7 Å². The Balaban J connectivity index is 1.41. The summed E-state index contributed by atoms with van der Waals surface area (Å²) in [6.07, 6.45) is 1.33. The van der Waals surface area contributed by atoms with E-state index >= 15 is 0 Å². The van der Waals surface area contributed by atoms with Gasteiger partial charge in [-0.15, -0.1) is 0 Å². The molecule has 1 aliphatic heterocycles. The van der Waals surface area contributed by atoms with Crippen molar-refractivity contribution in [2.45, 2.75) is 55.7 Å². The van der Waals surface area contributed by atoms with Gasteiger partial charge in [0.2, 0.25) is 15.7 Å². The number of ketones is 1. The lowest BCUT2D eigenvalue weighted by atomic mass is 10.0. The number of carbonyl (C=O) groups is 3. The monoisotopic (exact) mass is 672 g/mol. The van der Waals surface area contributed by atoms with E-state index in [0.717, 1.165) is 5.69 Å². The number of piperazine rings is 1. The number of esters is 1. The number of aromatic nitrogens is 1. The second-order valence-electron chi connectivity index (χ2n) is 12.8. The van der Waals surface area contributed by atoms with Crippen LogP contribution >= 0.6 is 0 Å². The molecule has 0 aliphatic carbocycles. The topological polar surface area (TPSA) is 146 Å². The number of phenols is 1. The van der Waals surface area contributed by atoms with E-state index < -0.39 is 27.4 Å². The number of anilines is 1. The highest BCUT2D eigenvalue weighted by Crippen LogP contribution is 2.31. The summed E-state index contributed by atoms with van der Waals surface area (Å²) in [5.41, 5.74) is 1.11. The summed E-state index contributed by atoms with van der Waals surface area (Å²) >= 11 is 0. The predicted molar refractivity (Wildman–Crippen MR) is 182 cm³/mol. The van der Waals surface area contributed by atoms with Crippen LogP contribution in [0.25, 0.3) is 10.8 Å². The van der Waals surface area contributed by atoms with Crippen molar-refractivity contribution in [3.8, 4) is 5.75 Å². The molecule has 252 valence electrons. The van der Waals surface area contributed by atoms with Gasteiger partial charge in [0.05, 0.1) is 17.5 Å². The van der Waals surface area contributed by atoms with E-state index in [-0.39, 0.29) is 45.9 Å². The molecule has 1 atom stereocenters. The number of fused-ring (bicyclic) bond motifs is 1. The number of rotatable bonds is 10. The molecule has 12 heteroatoms. The summed E-state index contributed by atoms with van der Waals surface area (Å²) in [6.45, 7) is 8.33. The fourth-order valence-electron chi connectivity index (χ4n) is 5.74. The van der Waals surface area contributed by atoms with E-state index in [1.807, 2.05) is 12.1 Å². The maximum Gasteiger partial charge on any atom is 0.320 e. The number of nitrogens with one attached hydrogen (secondary N) is 1. The first-order valence-corrected chi connectivity index (χ1v) is 17.2. The third kappa shape index (κ3) is 8.00. The van der Waals surface area contributed by atoms with Crippen LogP contribution in [0.2, 0.25) is 0 Å². The minimum absolute atomic E-state index is 0.0140. The van der Waals surface area contributed by atoms with Crippen LogP contribution in [0.1, 0.15) is 43.6 Å². The molecule has 1 amide bonds. The van der Waals surface area contributed by atoms with Crippen molar-refractivity contribution in [1.82, 2.24) is 15.2 Å². The average molecular weight is 673 g/mol. The molecule has 5 rings (SSSR count). The first-order valence-electron chi connectivity index (χ1n) is 15.7. The Morgan fingerprint density at radius 2 is 1.65 bits per heavy atom. The number of ether oxygens (including phenoxy) is 1. The zero-order valence-corrected chi connectivity index (χ0v) is 28.3. The van der Waals surface area contributed by atoms with Gasteiger partial charge in [0.15, 0.2) is 10.8 Å². The highest BCUT2D eigenvalue weighted by molar-refractivity contribution is 7.91. The fourth-order valence-corrected chi connectivity index (χ4v) is 7.39. The summed E-state index contributed by atoms with van der Waals surface area (Å²) in [7, 11) is -4.26. The minimum atomic E-state index is -4.26. The standard InChI is InChI=1S/C36H40N4O7S/c1-24(41)25-9-12-28(13-10-25)39-17-19-40(20-18-39)35(44)31(38-23-33(43)47-36(2,3)4)21-27-11-14-29(42)22-32(27)48(45,46)34-30-8-6-5-7-26(30)15-16-37-34/h5-16,22,31,38,42H,17-21,23H2,1-4H3. The highest BCUT2D eigenvalue weighted by Gasteiger charge is 2.32. The average Bonchev–Trinajstić information content (AvgIpc) is 3.06. The van der Waals surface area contributed by atoms with Crippen molar-refractivity contribution in [1.29, 1.82) is 0 Å². The first kappa shape index (κ1) is 34.5. The second-order valence-corrected chi connectivity index (χ2v) is 14.6. The van der Waals surface area contributed by atoms with Crippen LogP contribution in [-0.2, 0) is 30.6 Å². The lowest BCUT2D eigenvalue weighted by Crippen LogP contribution is -2.55. The molecule has 1 unspecified atom stereocenters. The number of Topliss-reactive ketones (excluding diaryl/α,β-unsaturated/α-hetero) is 1. The van der Waals surface area contributed by atoms with Gasteiger partial charge in [0.1, 0.15) is 11.4 Å². The molecule has 3 aromatic carbocycles. The number of hydrogen-bond acceptors (Lipinski definition) is 10. The van der Waals surface area contributed by atoms with Crippen molar-refractivity contribution in [3.05, 3.63) is 90.1 Å². The molecule has 1 aromatic heterocycles. The summed E-state index contributed by atoms with van der Waals surface area (Å²) in [6, 6.07) is 19.1. The Morgan fingerprint density at radius 3 is 2.31 bits per heavy atom. The van der Waals surface area contributed by atoms with Crippen LogP contribution in [0.3, 0.4) is 0 Å². The Kier molecular flexibility index (Phi) is 10.2. The van der Waals surface area contributed by atoms with Crippen molar-refractivity contribution in [2.75, 3.05) is 37.6 Å². The van der Waals surface area contributed by atoms with Crippen molar-refractivity contribution in [2.24, 2.45) is 0 Å². The van der Waals surface area contributed by atoms with Gasteiger partial charge in [-0.25, -0.2) is 13.4 Å². The summed E-state index contributed by atoms with van der Waals surface area (Å²) in [5, 5.41) is 14.4. The Morgan fingerprint density at radius 1 is 0.958 bits per heavy atom. The van der Waals surface area contributed by atoms with Crippen LogP contribution in [0.5, 0.6) is 5.75 Å². The molecule has 0 spiro atoms. The predicted octanol–water partition coefficient (Wildman–Crippen LogP) is 4.17. The molecular weight excluding hydrogens is 632 g/mol. The first-order chi connectivity index (χ1) is 22.7. The minimum Gasteiger partial charge on any atom is -0.508 e.